The second kappa shape index (κ2) is 11.4. The van der Waals surface area contributed by atoms with Crippen LogP contribution < -0.4 is 11.1 Å². The topological polar surface area (TPSA) is 83.8 Å². The van der Waals surface area contributed by atoms with Crippen LogP contribution in [-0.2, 0) is 11.2 Å². The number of aromatic nitrogens is 2. The summed E-state index contributed by atoms with van der Waals surface area (Å²) >= 11 is 0. The maximum Gasteiger partial charge on any atom is 0.223 e. The van der Waals surface area contributed by atoms with Crippen LogP contribution in [0.4, 0.5) is 0 Å². The first-order valence-corrected chi connectivity index (χ1v) is 12.9. The number of nitrogens with one attached hydrogen (secondary N) is 2. The average molecular weight is 479 g/mol. The number of aromatic amines is 1. The molecule has 3 aromatic carbocycles. The van der Waals surface area contributed by atoms with Crippen molar-refractivity contribution in [3.63, 3.8) is 0 Å². The van der Waals surface area contributed by atoms with Crippen molar-refractivity contribution in [1.82, 2.24) is 15.3 Å². The number of amides is 1. The van der Waals surface area contributed by atoms with Gasteiger partial charge in [-0.25, -0.2) is 4.98 Å². The Labute approximate surface area is 213 Å². The van der Waals surface area contributed by atoms with E-state index in [1.807, 2.05) is 42.6 Å². The van der Waals surface area contributed by atoms with Gasteiger partial charge in [0.05, 0.1) is 11.7 Å². The molecule has 0 bridgehead atoms. The molecule has 1 aliphatic carbocycles. The average Bonchev–Trinajstić information content (AvgIpc) is 3.44. The molecule has 1 fully saturated rings. The Balaban J connectivity index is 1.33. The van der Waals surface area contributed by atoms with Crippen LogP contribution in [0, 0.1) is 11.8 Å². The molecule has 5 rings (SSSR count). The molecule has 4 aromatic rings. The van der Waals surface area contributed by atoms with Crippen LogP contribution in [-0.4, -0.2) is 22.4 Å². The van der Waals surface area contributed by atoms with Crippen LogP contribution in [0.5, 0.6) is 0 Å². The zero-order valence-electron chi connectivity index (χ0n) is 20.6. The van der Waals surface area contributed by atoms with E-state index >= 15 is 0 Å². The molecule has 5 nitrogen and oxygen atoms in total. The molecule has 0 radical (unpaired) electrons. The predicted molar refractivity (Wildman–Crippen MR) is 145 cm³/mol. The van der Waals surface area contributed by atoms with Gasteiger partial charge in [0.25, 0.3) is 0 Å². The van der Waals surface area contributed by atoms with Crippen molar-refractivity contribution in [2.75, 3.05) is 6.54 Å². The molecule has 0 aliphatic heterocycles. The Morgan fingerprint density at radius 3 is 2.14 bits per heavy atom. The summed E-state index contributed by atoms with van der Waals surface area (Å²) in [5.41, 5.74) is 11.3. The summed E-state index contributed by atoms with van der Waals surface area (Å²) in [5.74, 6) is 1.50. The predicted octanol–water partition coefficient (Wildman–Crippen LogP) is 5.91. The van der Waals surface area contributed by atoms with E-state index in [9.17, 15) is 4.79 Å². The molecule has 1 saturated carbocycles. The molecule has 5 heteroatoms. The number of rotatable bonds is 8. The first kappa shape index (κ1) is 24.0. The lowest BCUT2D eigenvalue weighted by Gasteiger charge is -2.28. The van der Waals surface area contributed by atoms with Gasteiger partial charge in [-0.05, 0) is 61.3 Å². The second-order valence-corrected chi connectivity index (χ2v) is 9.82. The second-order valence-electron chi connectivity index (χ2n) is 9.82. The molecule has 4 N–H and O–H groups in total. The summed E-state index contributed by atoms with van der Waals surface area (Å²) in [7, 11) is 0. The van der Waals surface area contributed by atoms with Gasteiger partial charge >= 0.3 is 0 Å². The van der Waals surface area contributed by atoms with Gasteiger partial charge in [0.1, 0.15) is 5.82 Å². The lowest BCUT2D eigenvalue weighted by atomic mass is 9.81. The first-order valence-electron chi connectivity index (χ1n) is 12.9. The summed E-state index contributed by atoms with van der Waals surface area (Å²) in [6, 6.07) is 28.8. The number of imidazole rings is 1. The minimum Gasteiger partial charge on any atom is -0.346 e. The highest BCUT2D eigenvalue weighted by molar-refractivity contribution is 5.79. The number of hydrogen-bond donors (Lipinski definition) is 3. The van der Waals surface area contributed by atoms with E-state index in [2.05, 4.69) is 58.8 Å². The van der Waals surface area contributed by atoms with Gasteiger partial charge < -0.3 is 16.0 Å². The summed E-state index contributed by atoms with van der Waals surface area (Å²) < 4.78 is 0. The number of carbonyl (C=O) groups is 1. The SMILES string of the molecule is NC[C@H]1CC[C@H](C(=O)N[C@@H](Cc2ccccc2)c2nc(-c3ccc(-c4ccccc4)cc3)c[nH]2)CC1. The Bertz CT molecular complexity index is 1240. The number of H-pyrrole nitrogens is 1. The molecular weight excluding hydrogens is 444 g/mol. The van der Waals surface area contributed by atoms with Gasteiger partial charge in [0.2, 0.25) is 5.91 Å². The van der Waals surface area contributed by atoms with Crippen LogP contribution in [0.1, 0.15) is 43.1 Å². The van der Waals surface area contributed by atoms with Gasteiger partial charge in [0, 0.05) is 17.7 Å². The van der Waals surface area contributed by atoms with E-state index < -0.39 is 0 Å². The number of benzene rings is 3. The Morgan fingerprint density at radius 1 is 0.861 bits per heavy atom. The molecule has 1 aliphatic rings. The van der Waals surface area contributed by atoms with Crippen molar-refractivity contribution in [2.24, 2.45) is 17.6 Å². The quantitative estimate of drug-likeness (QED) is 0.294. The third-order valence-electron chi connectivity index (χ3n) is 7.37. The number of carbonyl (C=O) groups excluding carboxylic acids is 1. The standard InChI is InChI=1S/C31H34N4O/c32-20-23-11-13-27(14-12-23)31(36)35-28(19-22-7-3-1-4-8-22)30-33-21-29(34-30)26-17-15-25(16-18-26)24-9-5-2-6-10-24/h1-10,15-18,21,23,27-28H,11-14,19-20,32H2,(H,33,34)(H,35,36)/t23-,27-,28-/m0/s1. The molecule has 1 heterocycles. The summed E-state index contributed by atoms with van der Waals surface area (Å²) in [6.45, 7) is 0.715. The molecular formula is C31H34N4O. The fourth-order valence-corrected chi connectivity index (χ4v) is 5.14. The third-order valence-corrected chi connectivity index (χ3v) is 7.37. The Hall–Kier alpha value is -3.70. The lowest BCUT2D eigenvalue weighted by molar-refractivity contribution is -0.127. The van der Waals surface area contributed by atoms with Crippen LogP contribution in [0.15, 0.2) is 91.1 Å². The number of hydrogen-bond acceptors (Lipinski definition) is 3. The van der Waals surface area contributed by atoms with Gasteiger partial charge in [0.15, 0.2) is 0 Å². The van der Waals surface area contributed by atoms with Crippen molar-refractivity contribution < 1.29 is 4.79 Å². The molecule has 0 saturated heterocycles. The minimum absolute atomic E-state index is 0.0473. The van der Waals surface area contributed by atoms with Gasteiger partial charge in [-0.3, -0.25) is 4.79 Å². The summed E-state index contributed by atoms with van der Waals surface area (Å²) in [4.78, 5) is 21.5. The molecule has 1 atom stereocenters. The fourth-order valence-electron chi connectivity index (χ4n) is 5.14. The van der Waals surface area contributed by atoms with E-state index in [1.165, 1.54) is 16.7 Å². The summed E-state index contributed by atoms with van der Waals surface area (Å²) in [5, 5.41) is 3.32. The van der Waals surface area contributed by atoms with Gasteiger partial charge in [-0.15, -0.1) is 0 Å². The minimum atomic E-state index is -0.218. The zero-order valence-corrected chi connectivity index (χ0v) is 20.6. The molecule has 1 amide bonds. The Kier molecular flexibility index (Phi) is 7.58. The van der Waals surface area contributed by atoms with Gasteiger partial charge in [-0.1, -0.05) is 84.9 Å². The van der Waals surface area contributed by atoms with Gasteiger partial charge in [-0.2, -0.15) is 0 Å². The highest BCUT2D eigenvalue weighted by Gasteiger charge is 2.28. The largest absolute Gasteiger partial charge is 0.346 e. The highest BCUT2D eigenvalue weighted by Crippen LogP contribution is 2.30. The smallest absolute Gasteiger partial charge is 0.223 e. The van der Waals surface area contributed by atoms with Crippen molar-refractivity contribution in [3.8, 4) is 22.4 Å². The maximum atomic E-state index is 13.2. The monoisotopic (exact) mass is 478 g/mol. The van der Waals surface area contributed by atoms with Crippen molar-refractivity contribution in [1.29, 1.82) is 0 Å². The highest BCUT2D eigenvalue weighted by atomic mass is 16.1. The number of nitrogens with zero attached hydrogens (tertiary/aromatic N) is 1. The summed E-state index contributed by atoms with van der Waals surface area (Å²) in [6.07, 6.45) is 6.49. The first-order chi connectivity index (χ1) is 17.7. The van der Waals surface area contributed by atoms with Crippen LogP contribution >= 0.6 is 0 Å². The Morgan fingerprint density at radius 2 is 1.47 bits per heavy atom. The van der Waals surface area contributed by atoms with E-state index in [0.29, 0.717) is 18.9 Å². The van der Waals surface area contributed by atoms with Crippen molar-refractivity contribution in [2.45, 2.75) is 38.1 Å². The van der Waals surface area contributed by atoms with Crippen LogP contribution in [0.2, 0.25) is 0 Å². The molecule has 36 heavy (non-hydrogen) atoms. The van der Waals surface area contributed by atoms with Crippen LogP contribution in [0.25, 0.3) is 22.4 Å². The lowest BCUT2D eigenvalue weighted by Crippen LogP contribution is -2.37. The third kappa shape index (κ3) is 5.74. The van der Waals surface area contributed by atoms with E-state index in [4.69, 9.17) is 10.7 Å². The molecule has 184 valence electrons. The van der Waals surface area contributed by atoms with Crippen LogP contribution in [0.3, 0.4) is 0 Å². The molecule has 0 spiro atoms. The van der Waals surface area contributed by atoms with E-state index in [-0.39, 0.29) is 17.9 Å². The van der Waals surface area contributed by atoms with E-state index in [1.54, 1.807) is 0 Å². The zero-order chi connectivity index (χ0) is 24.7. The molecule has 0 unspecified atom stereocenters. The van der Waals surface area contributed by atoms with Crippen molar-refractivity contribution in [3.05, 3.63) is 103 Å². The van der Waals surface area contributed by atoms with E-state index in [0.717, 1.165) is 42.8 Å². The maximum absolute atomic E-state index is 13.2. The normalized spacial score (nSPS) is 18.5. The molecule has 1 aromatic heterocycles. The number of nitrogens with two attached hydrogens (primary N) is 1. The fraction of sp³-hybridized carbons (Fsp3) is 0.290. The van der Waals surface area contributed by atoms with Crippen molar-refractivity contribution >= 4 is 5.91 Å².